The van der Waals surface area contributed by atoms with Crippen LogP contribution in [0.25, 0.3) is 0 Å². The predicted molar refractivity (Wildman–Crippen MR) is 107 cm³/mol. The van der Waals surface area contributed by atoms with Crippen molar-refractivity contribution in [2.75, 3.05) is 0 Å². The highest BCUT2D eigenvalue weighted by atomic mass is 16.2. The molecule has 1 amide bonds. The molecule has 0 unspecified atom stereocenters. The fraction of sp³-hybridized carbons (Fsp3) is 0.409. The number of carbonyl (C=O) groups is 1. The Morgan fingerprint density at radius 2 is 1.50 bits per heavy atom. The van der Waals surface area contributed by atoms with Gasteiger partial charge in [-0.1, -0.05) is 75.8 Å². The lowest BCUT2D eigenvalue weighted by molar-refractivity contribution is -0.121. The molecule has 0 atom stereocenters. The molecule has 0 saturated heterocycles. The lowest BCUT2D eigenvalue weighted by atomic mass is 10.0. The van der Waals surface area contributed by atoms with Gasteiger partial charge in [0.05, 0.1) is 5.71 Å². The molecular weight excluding hydrogens is 322 g/mol. The van der Waals surface area contributed by atoms with Crippen molar-refractivity contribution < 1.29 is 4.79 Å². The molecule has 0 fully saturated rings. The Morgan fingerprint density at radius 1 is 0.885 bits per heavy atom. The Hall–Kier alpha value is -2.49. The van der Waals surface area contributed by atoms with Crippen molar-refractivity contribution in [2.45, 2.75) is 58.3 Å². The average molecular weight is 351 g/mol. The van der Waals surface area contributed by atoms with Gasteiger partial charge in [-0.2, -0.15) is 5.10 Å². The molecular formula is C22H29N3O. The van der Waals surface area contributed by atoms with Gasteiger partial charge >= 0.3 is 0 Å². The van der Waals surface area contributed by atoms with Crippen LogP contribution in [0.15, 0.2) is 60.0 Å². The highest BCUT2D eigenvalue weighted by Crippen LogP contribution is 2.10. The number of carbonyl (C=O) groups excluding carboxylic acids is 1. The van der Waals surface area contributed by atoms with E-state index in [-0.39, 0.29) is 5.91 Å². The number of hydrogen-bond acceptors (Lipinski definition) is 3. The van der Waals surface area contributed by atoms with Crippen LogP contribution in [0.1, 0.15) is 69.4 Å². The summed E-state index contributed by atoms with van der Waals surface area (Å²) in [5.74, 6) is -0.0268. The first-order valence-corrected chi connectivity index (χ1v) is 9.63. The predicted octanol–water partition coefficient (Wildman–Crippen LogP) is 5.09. The first-order valence-electron chi connectivity index (χ1n) is 9.63. The molecule has 2 aromatic rings. The maximum atomic E-state index is 12.1. The number of benzene rings is 1. The Morgan fingerprint density at radius 3 is 2.19 bits per heavy atom. The van der Waals surface area contributed by atoms with Crippen LogP contribution in [0.2, 0.25) is 0 Å². The van der Waals surface area contributed by atoms with E-state index in [0.717, 1.165) is 29.7 Å². The summed E-state index contributed by atoms with van der Waals surface area (Å²) in [6.07, 6.45) is 12.4. The molecule has 4 heteroatoms. The monoisotopic (exact) mass is 351 g/mol. The fourth-order valence-corrected chi connectivity index (χ4v) is 2.82. The highest BCUT2D eigenvalue weighted by Gasteiger charge is 2.08. The highest BCUT2D eigenvalue weighted by molar-refractivity contribution is 6.13. The minimum atomic E-state index is -0.0268. The summed E-state index contributed by atoms with van der Waals surface area (Å²) in [5, 5.41) is 4.39. The Bertz CT molecular complexity index is 627. The van der Waals surface area contributed by atoms with Crippen LogP contribution < -0.4 is 5.43 Å². The molecule has 0 aliphatic heterocycles. The van der Waals surface area contributed by atoms with Gasteiger partial charge in [-0.05, 0) is 18.6 Å². The molecule has 0 radical (unpaired) electrons. The standard InChI is InChI=1S/C22H29N3O/c1-2-3-4-5-6-7-11-14-21(26)24-25-22(19-12-9-8-10-13-19)20-15-17-23-18-16-20/h8-10,12-13,15-18H,2-7,11,14H2,1H3,(H,24,26)/b25-22+. The lowest BCUT2D eigenvalue weighted by Gasteiger charge is -2.08. The summed E-state index contributed by atoms with van der Waals surface area (Å²) in [6, 6.07) is 13.7. The van der Waals surface area contributed by atoms with Crippen molar-refractivity contribution in [3.8, 4) is 0 Å². The SMILES string of the molecule is CCCCCCCCCC(=O)N/N=C(\c1ccccc1)c1ccncc1. The van der Waals surface area contributed by atoms with E-state index in [4.69, 9.17) is 0 Å². The van der Waals surface area contributed by atoms with Crippen molar-refractivity contribution in [3.63, 3.8) is 0 Å². The molecule has 1 heterocycles. The summed E-state index contributed by atoms with van der Waals surface area (Å²) in [5.41, 5.74) is 5.37. The van der Waals surface area contributed by atoms with Crippen LogP contribution in [0.4, 0.5) is 0 Å². The second-order valence-electron chi connectivity index (χ2n) is 6.47. The number of unbranched alkanes of at least 4 members (excludes halogenated alkanes) is 6. The fourth-order valence-electron chi connectivity index (χ4n) is 2.82. The van der Waals surface area contributed by atoms with Gasteiger partial charge in [0.2, 0.25) is 5.91 Å². The third-order valence-electron chi connectivity index (χ3n) is 4.30. The maximum Gasteiger partial charge on any atom is 0.240 e. The van der Waals surface area contributed by atoms with E-state index < -0.39 is 0 Å². The minimum absolute atomic E-state index is 0.0268. The summed E-state index contributed by atoms with van der Waals surface area (Å²) in [6.45, 7) is 2.22. The van der Waals surface area contributed by atoms with E-state index in [1.807, 2.05) is 42.5 Å². The smallest absolute Gasteiger partial charge is 0.240 e. The molecule has 138 valence electrons. The Kier molecular flexibility index (Phi) is 9.12. The second kappa shape index (κ2) is 12.0. The number of pyridine rings is 1. The Labute approximate surface area is 156 Å². The van der Waals surface area contributed by atoms with Crippen molar-refractivity contribution in [1.29, 1.82) is 0 Å². The summed E-state index contributed by atoms with van der Waals surface area (Å²) >= 11 is 0. The van der Waals surface area contributed by atoms with E-state index >= 15 is 0 Å². The summed E-state index contributed by atoms with van der Waals surface area (Å²) in [4.78, 5) is 16.2. The zero-order valence-electron chi connectivity index (χ0n) is 15.7. The van der Waals surface area contributed by atoms with Crippen LogP contribution in [0.3, 0.4) is 0 Å². The molecule has 0 spiro atoms. The third kappa shape index (κ3) is 7.18. The van der Waals surface area contributed by atoms with Gasteiger partial charge in [0.25, 0.3) is 0 Å². The molecule has 0 bridgehead atoms. The Balaban J connectivity index is 1.87. The van der Waals surface area contributed by atoms with Crippen molar-refractivity contribution >= 4 is 11.6 Å². The molecule has 1 aromatic heterocycles. The molecule has 0 saturated carbocycles. The van der Waals surface area contributed by atoms with Crippen molar-refractivity contribution in [1.82, 2.24) is 10.4 Å². The first kappa shape index (κ1) is 19.8. The number of hydrogen-bond donors (Lipinski definition) is 1. The van der Waals surface area contributed by atoms with Gasteiger partial charge in [-0.25, -0.2) is 5.43 Å². The van der Waals surface area contributed by atoms with E-state index in [2.05, 4.69) is 22.4 Å². The summed E-state index contributed by atoms with van der Waals surface area (Å²) in [7, 11) is 0. The molecule has 1 N–H and O–H groups in total. The number of rotatable bonds is 11. The second-order valence-corrected chi connectivity index (χ2v) is 6.47. The molecule has 2 rings (SSSR count). The van der Waals surface area contributed by atoms with Crippen LogP contribution in [-0.2, 0) is 4.79 Å². The van der Waals surface area contributed by atoms with Crippen LogP contribution in [-0.4, -0.2) is 16.6 Å². The number of amides is 1. The largest absolute Gasteiger partial charge is 0.273 e. The first-order chi connectivity index (χ1) is 12.8. The molecule has 4 nitrogen and oxygen atoms in total. The van der Waals surface area contributed by atoms with Gasteiger partial charge in [-0.15, -0.1) is 0 Å². The number of nitrogens with zero attached hydrogens (tertiary/aromatic N) is 2. The topological polar surface area (TPSA) is 54.4 Å². The zero-order chi connectivity index (χ0) is 18.5. The van der Waals surface area contributed by atoms with E-state index in [1.54, 1.807) is 12.4 Å². The number of hydrazone groups is 1. The van der Waals surface area contributed by atoms with E-state index in [1.165, 1.54) is 32.1 Å². The van der Waals surface area contributed by atoms with Crippen LogP contribution >= 0.6 is 0 Å². The molecule has 26 heavy (non-hydrogen) atoms. The van der Waals surface area contributed by atoms with Gasteiger partial charge in [0.15, 0.2) is 0 Å². The van der Waals surface area contributed by atoms with Crippen LogP contribution in [0.5, 0.6) is 0 Å². The number of aromatic nitrogens is 1. The third-order valence-corrected chi connectivity index (χ3v) is 4.30. The van der Waals surface area contributed by atoms with Crippen molar-refractivity contribution in [3.05, 3.63) is 66.0 Å². The van der Waals surface area contributed by atoms with Gasteiger partial charge in [0.1, 0.15) is 0 Å². The summed E-state index contributed by atoms with van der Waals surface area (Å²) < 4.78 is 0. The molecule has 0 aliphatic rings. The minimum Gasteiger partial charge on any atom is -0.273 e. The van der Waals surface area contributed by atoms with E-state index in [9.17, 15) is 4.79 Å². The average Bonchev–Trinajstić information content (AvgIpc) is 2.69. The zero-order valence-corrected chi connectivity index (χ0v) is 15.7. The van der Waals surface area contributed by atoms with Gasteiger partial charge in [0, 0.05) is 29.9 Å². The normalized spacial score (nSPS) is 11.3. The van der Waals surface area contributed by atoms with Crippen LogP contribution in [0, 0.1) is 0 Å². The molecule has 0 aliphatic carbocycles. The number of nitrogens with one attached hydrogen (secondary N) is 1. The van der Waals surface area contributed by atoms with Gasteiger partial charge in [-0.3, -0.25) is 9.78 Å². The maximum absolute atomic E-state index is 12.1. The lowest BCUT2D eigenvalue weighted by Crippen LogP contribution is -2.20. The molecule has 1 aromatic carbocycles. The van der Waals surface area contributed by atoms with E-state index in [0.29, 0.717) is 6.42 Å². The van der Waals surface area contributed by atoms with Gasteiger partial charge < -0.3 is 0 Å². The quantitative estimate of drug-likeness (QED) is 0.348. The van der Waals surface area contributed by atoms with Crippen molar-refractivity contribution in [2.24, 2.45) is 5.10 Å².